The van der Waals surface area contributed by atoms with Crippen molar-refractivity contribution < 1.29 is 18.4 Å². The molecule has 0 bridgehead atoms. The Kier molecular flexibility index (Phi) is 4.84. The summed E-state index contributed by atoms with van der Waals surface area (Å²) in [4.78, 5) is 0. The molecule has 0 unspecified atom stereocenters. The van der Waals surface area contributed by atoms with Crippen LogP contribution in [0.5, 0.6) is 5.75 Å². The second-order valence-corrected chi connectivity index (χ2v) is 7.57. The van der Waals surface area contributed by atoms with Crippen molar-refractivity contribution in [3.05, 3.63) is 58.9 Å². The van der Waals surface area contributed by atoms with Gasteiger partial charge >= 0.3 is 7.12 Å². The molecule has 0 radical (unpaired) electrons. The SMILES string of the molecule is CC1(C)OB(c2cccc(OCc3cccc(Cl)c3F)c2)OC1(C)C. The zero-order valence-corrected chi connectivity index (χ0v) is 15.6. The highest BCUT2D eigenvalue weighted by molar-refractivity contribution is 6.62. The van der Waals surface area contributed by atoms with Gasteiger partial charge in [0.15, 0.2) is 0 Å². The van der Waals surface area contributed by atoms with Crippen molar-refractivity contribution in [2.45, 2.75) is 45.5 Å². The molecule has 1 fully saturated rings. The fourth-order valence-corrected chi connectivity index (χ4v) is 2.75. The highest BCUT2D eigenvalue weighted by Crippen LogP contribution is 2.36. The van der Waals surface area contributed by atoms with E-state index in [2.05, 4.69) is 0 Å². The molecule has 0 aromatic heterocycles. The second kappa shape index (κ2) is 6.63. The lowest BCUT2D eigenvalue weighted by Gasteiger charge is -2.32. The van der Waals surface area contributed by atoms with Crippen LogP contribution in [0.1, 0.15) is 33.3 Å². The van der Waals surface area contributed by atoms with Crippen LogP contribution in [0.15, 0.2) is 42.5 Å². The fraction of sp³-hybridized carbons (Fsp3) is 0.368. The standard InChI is InChI=1S/C19H21BClFO3/c1-18(2)19(3,4)25-20(24-18)14-8-6-9-15(11-14)23-12-13-7-5-10-16(21)17(13)22/h5-11H,12H2,1-4H3. The van der Waals surface area contributed by atoms with Crippen molar-refractivity contribution in [1.29, 1.82) is 0 Å². The van der Waals surface area contributed by atoms with Crippen LogP contribution in [0.25, 0.3) is 0 Å². The Morgan fingerprint density at radius 2 is 1.68 bits per heavy atom. The first-order valence-corrected chi connectivity index (χ1v) is 8.59. The van der Waals surface area contributed by atoms with E-state index in [0.29, 0.717) is 11.3 Å². The molecule has 6 heteroatoms. The van der Waals surface area contributed by atoms with E-state index < -0.39 is 24.1 Å². The van der Waals surface area contributed by atoms with Crippen molar-refractivity contribution in [3.8, 4) is 5.75 Å². The first-order valence-electron chi connectivity index (χ1n) is 8.21. The summed E-state index contributed by atoms with van der Waals surface area (Å²) in [6.07, 6.45) is 0. The first kappa shape index (κ1) is 18.2. The predicted octanol–water partition coefficient (Wildman–Crippen LogP) is 4.36. The molecule has 25 heavy (non-hydrogen) atoms. The molecule has 2 aromatic rings. The maximum atomic E-state index is 13.9. The van der Waals surface area contributed by atoms with Gasteiger partial charge in [-0.2, -0.15) is 0 Å². The van der Waals surface area contributed by atoms with Crippen LogP contribution in [0.4, 0.5) is 4.39 Å². The van der Waals surface area contributed by atoms with Gasteiger partial charge in [0.1, 0.15) is 18.2 Å². The maximum absolute atomic E-state index is 13.9. The van der Waals surface area contributed by atoms with Gasteiger partial charge in [0.25, 0.3) is 0 Å². The number of rotatable bonds is 4. The molecule has 0 amide bonds. The van der Waals surface area contributed by atoms with Crippen molar-refractivity contribution in [2.24, 2.45) is 0 Å². The van der Waals surface area contributed by atoms with Crippen LogP contribution in [0.3, 0.4) is 0 Å². The number of ether oxygens (including phenoxy) is 1. The smallest absolute Gasteiger partial charge is 0.489 e. The summed E-state index contributed by atoms with van der Waals surface area (Å²) in [6, 6.07) is 12.3. The first-order chi connectivity index (χ1) is 11.7. The Hall–Kier alpha value is -1.56. The lowest BCUT2D eigenvalue weighted by Crippen LogP contribution is -2.41. The molecular formula is C19H21BClFO3. The summed E-state index contributed by atoms with van der Waals surface area (Å²) in [6.45, 7) is 8.13. The van der Waals surface area contributed by atoms with Crippen LogP contribution >= 0.6 is 11.6 Å². The summed E-state index contributed by atoms with van der Waals surface area (Å²) >= 11 is 5.80. The molecule has 1 heterocycles. The largest absolute Gasteiger partial charge is 0.494 e. The third kappa shape index (κ3) is 3.69. The molecule has 2 aromatic carbocycles. The quantitative estimate of drug-likeness (QED) is 0.757. The van der Waals surface area contributed by atoms with E-state index in [4.69, 9.17) is 25.6 Å². The number of hydrogen-bond acceptors (Lipinski definition) is 3. The van der Waals surface area contributed by atoms with E-state index in [9.17, 15) is 4.39 Å². The van der Waals surface area contributed by atoms with Crippen LogP contribution in [-0.2, 0) is 15.9 Å². The van der Waals surface area contributed by atoms with Crippen LogP contribution in [0.2, 0.25) is 5.02 Å². The van der Waals surface area contributed by atoms with Crippen molar-refractivity contribution in [2.75, 3.05) is 0 Å². The number of halogens is 2. The summed E-state index contributed by atoms with van der Waals surface area (Å²) in [5, 5.41) is 0.0899. The Labute approximate surface area is 153 Å². The van der Waals surface area contributed by atoms with E-state index in [1.165, 1.54) is 6.07 Å². The van der Waals surface area contributed by atoms with E-state index in [-0.39, 0.29) is 11.6 Å². The maximum Gasteiger partial charge on any atom is 0.494 e. The van der Waals surface area contributed by atoms with Gasteiger partial charge < -0.3 is 14.0 Å². The van der Waals surface area contributed by atoms with Gasteiger partial charge in [0, 0.05) is 5.56 Å². The molecule has 1 aliphatic rings. The van der Waals surface area contributed by atoms with Crippen LogP contribution in [-0.4, -0.2) is 18.3 Å². The molecule has 132 valence electrons. The minimum absolute atomic E-state index is 0.0899. The third-order valence-corrected chi connectivity index (χ3v) is 5.10. The lowest BCUT2D eigenvalue weighted by atomic mass is 9.79. The molecule has 1 saturated heterocycles. The highest BCUT2D eigenvalue weighted by Gasteiger charge is 2.51. The molecule has 0 aliphatic carbocycles. The van der Waals surface area contributed by atoms with Crippen molar-refractivity contribution >= 4 is 24.2 Å². The van der Waals surface area contributed by atoms with Gasteiger partial charge in [0.2, 0.25) is 0 Å². The average Bonchev–Trinajstić information content (AvgIpc) is 2.77. The summed E-state index contributed by atoms with van der Waals surface area (Å²) in [5.74, 6) is 0.165. The predicted molar refractivity (Wildman–Crippen MR) is 97.9 cm³/mol. The zero-order chi connectivity index (χ0) is 18.2. The summed E-state index contributed by atoms with van der Waals surface area (Å²) < 4.78 is 31.8. The molecular weight excluding hydrogens is 341 g/mol. The third-order valence-electron chi connectivity index (χ3n) is 4.81. The second-order valence-electron chi connectivity index (χ2n) is 7.16. The van der Waals surface area contributed by atoms with Gasteiger partial charge in [-0.15, -0.1) is 0 Å². The topological polar surface area (TPSA) is 27.7 Å². The van der Waals surface area contributed by atoms with E-state index in [0.717, 1.165) is 5.46 Å². The molecule has 0 N–H and O–H groups in total. The highest BCUT2D eigenvalue weighted by atomic mass is 35.5. The minimum Gasteiger partial charge on any atom is -0.489 e. The van der Waals surface area contributed by atoms with E-state index in [1.807, 2.05) is 52.0 Å². The molecule has 3 rings (SSSR count). The molecule has 1 aliphatic heterocycles. The monoisotopic (exact) mass is 362 g/mol. The number of benzene rings is 2. The van der Waals surface area contributed by atoms with Crippen LogP contribution < -0.4 is 10.2 Å². The van der Waals surface area contributed by atoms with Crippen LogP contribution in [0, 0.1) is 5.82 Å². The van der Waals surface area contributed by atoms with Crippen molar-refractivity contribution in [1.82, 2.24) is 0 Å². The molecule has 3 nitrogen and oxygen atoms in total. The minimum atomic E-state index is -0.462. The van der Waals surface area contributed by atoms with Gasteiger partial charge in [0.05, 0.1) is 16.2 Å². The van der Waals surface area contributed by atoms with Gasteiger partial charge in [-0.25, -0.2) is 4.39 Å². The lowest BCUT2D eigenvalue weighted by molar-refractivity contribution is 0.00578. The average molecular weight is 363 g/mol. The molecule has 0 spiro atoms. The van der Waals surface area contributed by atoms with Gasteiger partial charge in [-0.1, -0.05) is 35.9 Å². The Morgan fingerprint density at radius 1 is 1.04 bits per heavy atom. The Morgan fingerprint density at radius 3 is 2.36 bits per heavy atom. The zero-order valence-electron chi connectivity index (χ0n) is 14.8. The van der Waals surface area contributed by atoms with E-state index >= 15 is 0 Å². The Balaban J connectivity index is 1.73. The molecule has 0 atom stereocenters. The summed E-state index contributed by atoms with van der Waals surface area (Å²) in [5.41, 5.74) is 0.466. The normalized spacial score (nSPS) is 18.4. The van der Waals surface area contributed by atoms with Gasteiger partial charge in [-0.3, -0.25) is 0 Å². The Bertz CT molecular complexity index is 763. The fourth-order valence-electron chi connectivity index (χ4n) is 2.55. The summed E-state index contributed by atoms with van der Waals surface area (Å²) in [7, 11) is -0.462. The molecule has 0 saturated carbocycles. The van der Waals surface area contributed by atoms with E-state index in [1.54, 1.807) is 12.1 Å². The van der Waals surface area contributed by atoms with Gasteiger partial charge in [-0.05, 0) is 51.4 Å². The number of hydrogen-bond donors (Lipinski definition) is 0. The van der Waals surface area contributed by atoms with Crippen molar-refractivity contribution in [3.63, 3.8) is 0 Å².